The summed E-state index contributed by atoms with van der Waals surface area (Å²) in [7, 11) is 1.69. The van der Waals surface area contributed by atoms with Crippen LogP contribution < -0.4 is 10.1 Å². The molecule has 0 aromatic heterocycles. The van der Waals surface area contributed by atoms with E-state index in [-0.39, 0.29) is 5.82 Å². The van der Waals surface area contributed by atoms with Gasteiger partial charge in [0.2, 0.25) is 0 Å². The molecule has 0 unspecified atom stereocenters. The number of hydrogen-bond donors (Lipinski definition) is 1. The van der Waals surface area contributed by atoms with Crippen molar-refractivity contribution in [2.45, 2.75) is 13.5 Å². The number of nitrogens with one attached hydrogen (secondary N) is 1. The van der Waals surface area contributed by atoms with E-state index in [0.29, 0.717) is 17.9 Å². The van der Waals surface area contributed by atoms with Crippen molar-refractivity contribution in [1.82, 2.24) is 5.32 Å². The zero-order chi connectivity index (χ0) is 15.1. The van der Waals surface area contributed by atoms with Crippen LogP contribution in [0.3, 0.4) is 0 Å². The highest BCUT2D eigenvalue weighted by molar-refractivity contribution is 5.35. The Labute approximate surface area is 124 Å². The van der Waals surface area contributed by atoms with E-state index < -0.39 is 0 Å². The SMILES string of the molecule is COCCNCc1ccc(Oc2ccc(F)c(C)c2)cc1. The third-order valence-corrected chi connectivity index (χ3v) is 3.10. The molecule has 0 saturated heterocycles. The smallest absolute Gasteiger partial charge is 0.127 e. The van der Waals surface area contributed by atoms with Gasteiger partial charge in [0.05, 0.1) is 6.61 Å². The minimum Gasteiger partial charge on any atom is -0.457 e. The molecule has 0 bridgehead atoms. The van der Waals surface area contributed by atoms with Gasteiger partial charge in [0.1, 0.15) is 17.3 Å². The zero-order valence-electron chi connectivity index (χ0n) is 12.4. The number of hydrogen-bond acceptors (Lipinski definition) is 3. The van der Waals surface area contributed by atoms with Crippen molar-refractivity contribution >= 4 is 0 Å². The Kier molecular flexibility index (Phi) is 5.72. The second-order valence-corrected chi connectivity index (χ2v) is 4.83. The van der Waals surface area contributed by atoms with Gasteiger partial charge in [-0.25, -0.2) is 4.39 Å². The monoisotopic (exact) mass is 289 g/mol. The van der Waals surface area contributed by atoms with Crippen LogP contribution in [0.25, 0.3) is 0 Å². The van der Waals surface area contributed by atoms with Gasteiger partial charge in [-0.1, -0.05) is 12.1 Å². The first-order valence-corrected chi connectivity index (χ1v) is 6.91. The number of rotatable bonds is 7. The van der Waals surface area contributed by atoms with Crippen LogP contribution in [0.2, 0.25) is 0 Å². The van der Waals surface area contributed by atoms with Crippen molar-refractivity contribution in [2.75, 3.05) is 20.3 Å². The molecule has 2 aromatic carbocycles. The molecule has 0 aliphatic heterocycles. The van der Waals surface area contributed by atoms with Crippen LogP contribution in [0.1, 0.15) is 11.1 Å². The molecular formula is C17H20FNO2. The number of halogens is 1. The number of benzene rings is 2. The fraction of sp³-hybridized carbons (Fsp3) is 0.294. The predicted molar refractivity (Wildman–Crippen MR) is 81.2 cm³/mol. The van der Waals surface area contributed by atoms with Gasteiger partial charge in [0.25, 0.3) is 0 Å². The molecule has 0 amide bonds. The molecule has 4 heteroatoms. The Hall–Kier alpha value is -1.91. The number of ether oxygens (including phenoxy) is 2. The third-order valence-electron chi connectivity index (χ3n) is 3.10. The number of aryl methyl sites for hydroxylation is 1. The van der Waals surface area contributed by atoms with Gasteiger partial charge in [0, 0.05) is 20.2 Å². The minimum atomic E-state index is -0.222. The van der Waals surface area contributed by atoms with Crippen molar-refractivity contribution in [3.05, 3.63) is 59.4 Å². The summed E-state index contributed by atoms with van der Waals surface area (Å²) in [6.07, 6.45) is 0. The zero-order valence-corrected chi connectivity index (χ0v) is 12.4. The van der Waals surface area contributed by atoms with Gasteiger partial charge >= 0.3 is 0 Å². The van der Waals surface area contributed by atoms with Gasteiger partial charge in [-0.05, 0) is 48.4 Å². The lowest BCUT2D eigenvalue weighted by Crippen LogP contribution is -2.18. The third kappa shape index (κ3) is 4.85. The molecule has 2 rings (SSSR count). The fourth-order valence-electron chi connectivity index (χ4n) is 1.90. The molecule has 0 aliphatic carbocycles. The highest BCUT2D eigenvalue weighted by Crippen LogP contribution is 2.23. The molecule has 112 valence electrons. The van der Waals surface area contributed by atoms with Gasteiger partial charge in [-0.2, -0.15) is 0 Å². The molecule has 0 aliphatic rings. The molecule has 0 atom stereocenters. The van der Waals surface area contributed by atoms with E-state index >= 15 is 0 Å². The average molecular weight is 289 g/mol. The topological polar surface area (TPSA) is 30.5 Å². The van der Waals surface area contributed by atoms with Crippen molar-refractivity contribution in [3.8, 4) is 11.5 Å². The summed E-state index contributed by atoms with van der Waals surface area (Å²) in [5.41, 5.74) is 1.75. The van der Waals surface area contributed by atoms with E-state index in [0.717, 1.165) is 18.8 Å². The maximum absolute atomic E-state index is 13.2. The first-order valence-electron chi connectivity index (χ1n) is 6.91. The summed E-state index contributed by atoms with van der Waals surface area (Å²) in [4.78, 5) is 0. The highest BCUT2D eigenvalue weighted by Gasteiger charge is 2.02. The van der Waals surface area contributed by atoms with Crippen LogP contribution in [-0.4, -0.2) is 20.3 Å². The van der Waals surface area contributed by atoms with Crippen molar-refractivity contribution in [3.63, 3.8) is 0 Å². The van der Waals surface area contributed by atoms with E-state index in [1.54, 1.807) is 26.2 Å². The molecule has 0 saturated carbocycles. The number of methoxy groups -OCH3 is 1. The fourth-order valence-corrected chi connectivity index (χ4v) is 1.90. The normalized spacial score (nSPS) is 10.6. The maximum Gasteiger partial charge on any atom is 0.127 e. The van der Waals surface area contributed by atoms with Crippen molar-refractivity contribution in [2.24, 2.45) is 0 Å². The molecule has 2 aromatic rings. The lowest BCUT2D eigenvalue weighted by Gasteiger charge is -2.08. The summed E-state index contributed by atoms with van der Waals surface area (Å²) in [5, 5.41) is 3.28. The predicted octanol–water partition coefficient (Wildman–Crippen LogP) is 3.66. The van der Waals surface area contributed by atoms with Crippen LogP contribution >= 0.6 is 0 Å². The Bertz CT molecular complexity index is 570. The summed E-state index contributed by atoms with van der Waals surface area (Å²) in [6.45, 7) is 4.03. The molecule has 3 nitrogen and oxygen atoms in total. The first-order chi connectivity index (χ1) is 10.2. The lowest BCUT2D eigenvalue weighted by atomic mass is 10.2. The largest absolute Gasteiger partial charge is 0.457 e. The van der Waals surface area contributed by atoms with Crippen LogP contribution in [0.5, 0.6) is 11.5 Å². The Morgan fingerprint density at radius 1 is 1.05 bits per heavy atom. The summed E-state index contributed by atoms with van der Waals surface area (Å²) >= 11 is 0. The highest BCUT2D eigenvalue weighted by atomic mass is 19.1. The van der Waals surface area contributed by atoms with Crippen LogP contribution in [0.15, 0.2) is 42.5 Å². The molecule has 0 heterocycles. The molecule has 0 spiro atoms. The van der Waals surface area contributed by atoms with Gasteiger partial charge in [-0.3, -0.25) is 0 Å². The summed E-state index contributed by atoms with van der Waals surface area (Å²) < 4.78 is 23.9. The lowest BCUT2D eigenvalue weighted by molar-refractivity contribution is 0.199. The van der Waals surface area contributed by atoms with Gasteiger partial charge in [-0.15, -0.1) is 0 Å². The summed E-state index contributed by atoms with van der Waals surface area (Å²) in [6, 6.07) is 12.6. The molecular weight excluding hydrogens is 269 g/mol. The van der Waals surface area contributed by atoms with Gasteiger partial charge in [0.15, 0.2) is 0 Å². The van der Waals surface area contributed by atoms with Crippen LogP contribution in [0, 0.1) is 12.7 Å². The second-order valence-electron chi connectivity index (χ2n) is 4.83. The van der Waals surface area contributed by atoms with E-state index in [2.05, 4.69) is 5.32 Å². The Balaban J connectivity index is 1.91. The Morgan fingerprint density at radius 2 is 1.76 bits per heavy atom. The molecule has 0 radical (unpaired) electrons. The molecule has 21 heavy (non-hydrogen) atoms. The van der Waals surface area contributed by atoms with E-state index in [1.165, 1.54) is 11.6 Å². The van der Waals surface area contributed by atoms with Crippen molar-refractivity contribution in [1.29, 1.82) is 0 Å². The first kappa shape index (κ1) is 15.5. The maximum atomic E-state index is 13.2. The minimum absolute atomic E-state index is 0.222. The molecule has 0 fully saturated rings. The summed E-state index contributed by atoms with van der Waals surface area (Å²) in [5.74, 6) is 1.15. The van der Waals surface area contributed by atoms with E-state index in [9.17, 15) is 4.39 Å². The molecule has 1 N–H and O–H groups in total. The Morgan fingerprint density at radius 3 is 2.43 bits per heavy atom. The van der Waals surface area contributed by atoms with Gasteiger partial charge < -0.3 is 14.8 Å². The van der Waals surface area contributed by atoms with Crippen molar-refractivity contribution < 1.29 is 13.9 Å². The van der Waals surface area contributed by atoms with E-state index in [4.69, 9.17) is 9.47 Å². The van der Waals surface area contributed by atoms with Crippen LogP contribution in [-0.2, 0) is 11.3 Å². The van der Waals surface area contributed by atoms with Crippen LogP contribution in [0.4, 0.5) is 4.39 Å². The average Bonchev–Trinajstić information content (AvgIpc) is 2.49. The van der Waals surface area contributed by atoms with E-state index in [1.807, 2.05) is 24.3 Å². The quantitative estimate of drug-likeness (QED) is 0.789. The standard InChI is InChI=1S/C17H20FNO2/c1-13-11-16(7-8-17(13)18)21-15-5-3-14(4-6-15)12-19-9-10-20-2/h3-8,11,19H,9-10,12H2,1-2H3. The second kappa shape index (κ2) is 7.76.